The third kappa shape index (κ3) is 2.04. The van der Waals surface area contributed by atoms with Crippen LogP contribution in [-0.2, 0) is 0 Å². The molecule has 15 heavy (non-hydrogen) atoms. The van der Waals surface area contributed by atoms with E-state index in [0.29, 0.717) is 11.3 Å². The highest BCUT2D eigenvalue weighted by Crippen LogP contribution is 2.29. The molecule has 0 aliphatic heterocycles. The SMILES string of the molecule is Cc1ccc(C(=O)C2CCCC2)c(N)c1. The van der Waals surface area contributed by atoms with Crippen LogP contribution in [0.1, 0.15) is 41.6 Å². The van der Waals surface area contributed by atoms with Gasteiger partial charge >= 0.3 is 0 Å². The largest absolute Gasteiger partial charge is 0.398 e. The Morgan fingerprint density at radius 2 is 2.00 bits per heavy atom. The van der Waals surface area contributed by atoms with Crippen molar-refractivity contribution < 1.29 is 4.79 Å². The van der Waals surface area contributed by atoms with Gasteiger partial charge in [-0.2, -0.15) is 0 Å². The maximum atomic E-state index is 12.1. The third-order valence-electron chi connectivity index (χ3n) is 3.20. The molecule has 1 aliphatic rings. The van der Waals surface area contributed by atoms with E-state index in [2.05, 4.69) is 0 Å². The highest BCUT2D eigenvalue weighted by atomic mass is 16.1. The van der Waals surface area contributed by atoms with Gasteiger partial charge in [0.1, 0.15) is 0 Å². The van der Waals surface area contributed by atoms with E-state index in [9.17, 15) is 4.79 Å². The van der Waals surface area contributed by atoms with Crippen LogP contribution in [0.15, 0.2) is 18.2 Å². The Bertz CT molecular complexity index is 378. The highest BCUT2D eigenvalue weighted by Gasteiger charge is 2.24. The van der Waals surface area contributed by atoms with Crippen molar-refractivity contribution >= 4 is 11.5 Å². The van der Waals surface area contributed by atoms with Crippen molar-refractivity contribution in [1.82, 2.24) is 0 Å². The first-order valence-corrected chi connectivity index (χ1v) is 5.59. The van der Waals surface area contributed by atoms with Crippen LogP contribution in [0.4, 0.5) is 5.69 Å². The number of hydrogen-bond acceptors (Lipinski definition) is 2. The summed E-state index contributed by atoms with van der Waals surface area (Å²) in [7, 11) is 0. The van der Waals surface area contributed by atoms with E-state index in [1.807, 2.05) is 25.1 Å². The molecule has 0 heterocycles. The molecular weight excluding hydrogens is 186 g/mol. The fraction of sp³-hybridized carbons (Fsp3) is 0.462. The zero-order chi connectivity index (χ0) is 10.8. The number of benzene rings is 1. The standard InChI is InChI=1S/C13H17NO/c1-9-6-7-11(12(14)8-9)13(15)10-4-2-3-5-10/h6-8,10H,2-5,14H2,1H3. The summed E-state index contributed by atoms with van der Waals surface area (Å²) < 4.78 is 0. The van der Waals surface area contributed by atoms with Crippen LogP contribution in [0, 0.1) is 12.8 Å². The van der Waals surface area contributed by atoms with E-state index in [4.69, 9.17) is 5.73 Å². The number of aryl methyl sites for hydroxylation is 1. The van der Waals surface area contributed by atoms with Crippen molar-refractivity contribution in [3.63, 3.8) is 0 Å². The number of nitrogens with two attached hydrogens (primary N) is 1. The molecule has 0 atom stereocenters. The van der Waals surface area contributed by atoms with E-state index in [-0.39, 0.29) is 11.7 Å². The lowest BCUT2D eigenvalue weighted by atomic mass is 9.94. The normalized spacial score (nSPS) is 16.9. The van der Waals surface area contributed by atoms with Crippen LogP contribution in [0.5, 0.6) is 0 Å². The molecule has 0 aromatic heterocycles. The summed E-state index contributed by atoms with van der Waals surface area (Å²) in [6, 6.07) is 5.70. The zero-order valence-corrected chi connectivity index (χ0v) is 9.12. The molecule has 1 fully saturated rings. The van der Waals surface area contributed by atoms with E-state index in [1.54, 1.807) is 0 Å². The zero-order valence-electron chi connectivity index (χ0n) is 9.12. The second-order valence-electron chi connectivity index (χ2n) is 4.44. The summed E-state index contributed by atoms with van der Waals surface area (Å²) in [6.45, 7) is 1.99. The average Bonchev–Trinajstić information content (AvgIpc) is 2.69. The van der Waals surface area contributed by atoms with Crippen LogP contribution >= 0.6 is 0 Å². The molecule has 2 N–H and O–H groups in total. The van der Waals surface area contributed by atoms with Crippen molar-refractivity contribution in [1.29, 1.82) is 0 Å². The maximum Gasteiger partial charge on any atom is 0.168 e. The molecule has 2 rings (SSSR count). The number of anilines is 1. The molecule has 1 saturated carbocycles. The smallest absolute Gasteiger partial charge is 0.168 e. The molecule has 0 amide bonds. The molecule has 0 bridgehead atoms. The summed E-state index contributed by atoms with van der Waals surface area (Å²) in [5.41, 5.74) is 8.32. The number of ketones is 1. The molecule has 2 heteroatoms. The fourth-order valence-corrected chi connectivity index (χ4v) is 2.31. The lowest BCUT2D eigenvalue weighted by Crippen LogP contribution is -2.13. The Morgan fingerprint density at radius 3 is 2.60 bits per heavy atom. The predicted molar refractivity (Wildman–Crippen MR) is 61.9 cm³/mol. The second-order valence-corrected chi connectivity index (χ2v) is 4.44. The lowest BCUT2D eigenvalue weighted by Gasteiger charge is -2.10. The number of hydrogen-bond donors (Lipinski definition) is 1. The summed E-state index contributed by atoms with van der Waals surface area (Å²) in [6.07, 6.45) is 4.43. The van der Waals surface area contributed by atoms with Gasteiger partial charge in [0.25, 0.3) is 0 Å². The van der Waals surface area contributed by atoms with E-state index >= 15 is 0 Å². The number of carbonyl (C=O) groups is 1. The molecule has 0 unspecified atom stereocenters. The lowest BCUT2D eigenvalue weighted by molar-refractivity contribution is 0.0924. The number of Topliss-reactive ketones (excluding diaryl/α,β-unsaturated/α-hetero) is 1. The van der Waals surface area contributed by atoms with Crippen molar-refractivity contribution in [2.75, 3.05) is 5.73 Å². The van der Waals surface area contributed by atoms with Gasteiger partial charge in [0.15, 0.2) is 5.78 Å². The van der Waals surface area contributed by atoms with Crippen molar-refractivity contribution in [3.05, 3.63) is 29.3 Å². The molecule has 2 nitrogen and oxygen atoms in total. The molecule has 0 spiro atoms. The monoisotopic (exact) mass is 203 g/mol. The van der Waals surface area contributed by atoms with Gasteiger partial charge in [-0.05, 0) is 37.5 Å². The minimum Gasteiger partial charge on any atom is -0.398 e. The topological polar surface area (TPSA) is 43.1 Å². The number of nitrogen functional groups attached to an aromatic ring is 1. The Hall–Kier alpha value is -1.31. The Morgan fingerprint density at radius 1 is 1.33 bits per heavy atom. The Kier molecular flexibility index (Phi) is 2.76. The second kappa shape index (κ2) is 4.05. The van der Waals surface area contributed by atoms with E-state index in [1.165, 1.54) is 12.8 Å². The third-order valence-corrected chi connectivity index (χ3v) is 3.20. The van der Waals surface area contributed by atoms with Gasteiger partial charge in [-0.25, -0.2) is 0 Å². The maximum absolute atomic E-state index is 12.1. The van der Waals surface area contributed by atoms with Gasteiger partial charge in [-0.3, -0.25) is 4.79 Å². The summed E-state index contributed by atoms with van der Waals surface area (Å²) in [5, 5.41) is 0. The van der Waals surface area contributed by atoms with Crippen molar-refractivity contribution in [2.24, 2.45) is 5.92 Å². The minimum atomic E-state index is 0.218. The quantitative estimate of drug-likeness (QED) is 0.593. The van der Waals surface area contributed by atoms with Crippen LogP contribution in [0.3, 0.4) is 0 Å². The van der Waals surface area contributed by atoms with Crippen LogP contribution < -0.4 is 5.73 Å². The minimum absolute atomic E-state index is 0.218. The van der Waals surface area contributed by atoms with E-state index in [0.717, 1.165) is 18.4 Å². The van der Waals surface area contributed by atoms with E-state index < -0.39 is 0 Å². The molecule has 1 aliphatic carbocycles. The summed E-state index contributed by atoms with van der Waals surface area (Å²) in [4.78, 5) is 12.1. The molecule has 1 aromatic carbocycles. The van der Waals surface area contributed by atoms with Crippen LogP contribution in [0.2, 0.25) is 0 Å². The van der Waals surface area contributed by atoms with Crippen LogP contribution in [-0.4, -0.2) is 5.78 Å². The van der Waals surface area contributed by atoms with Gasteiger partial charge in [-0.1, -0.05) is 18.9 Å². The van der Waals surface area contributed by atoms with Gasteiger partial charge in [-0.15, -0.1) is 0 Å². The first-order valence-electron chi connectivity index (χ1n) is 5.59. The molecule has 80 valence electrons. The summed E-state index contributed by atoms with van der Waals surface area (Å²) in [5.74, 6) is 0.458. The summed E-state index contributed by atoms with van der Waals surface area (Å²) >= 11 is 0. The van der Waals surface area contributed by atoms with Crippen LogP contribution in [0.25, 0.3) is 0 Å². The fourth-order valence-electron chi connectivity index (χ4n) is 2.31. The predicted octanol–water partition coefficient (Wildman–Crippen LogP) is 2.95. The Balaban J connectivity index is 2.24. The van der Waals surface area contributed by atoms with Gasteiger partial charge < -0.3 is 5.73 Å². The van der Waals surface area contributed by atoms with Crippen molar-refractivity contribution in [3.8, 4) is 0 Å². The first-order chi connectivity index (χ1) is 7.18. The van der Waals surface area contributed by atoms with Gasteiger partial charge in [0.05, 0.1) is 0 Å². The van der Waals surface area contributed by atoms with Gasteiger partial charge in [0, 0.05) is 17.2 Å². The number of rotatable bonds is 2. The van der Waals surface area contributed by atoms with Crippen molar-refractivity contribution in [2.45, 2.75) is 32.6 Å². The molecular formula is C13H17NO. The number of carbonyl (C=O) groups excluding carboxylic acids is 1. The molecule has 0 radical (unpaired) electrons. The molecule has 0 saturated heterocycles. The highest BCUT2D eigenvalue weighted by molar-refractivity contribution is 6.02. The van der Waals surface area contributed by atoms with Gasteiger partial charge in [0.2, 0.25) is 0 Å². The first kappa shape index (κ1) is 10.2. The Labute approximate surface area is 90.5 Å². The molecule has 1 aromatic rings. The average molecular weight is 203 g/mol.